The predicted octanol–water partition coefficient (Wildman–Crippen LogP) is 4.38. The number of halogens is 2. The van der Waals surface area contributed by atoms with Crippen molar-refractivity contribution in [3.05, 3.63) is 44.3 Å². The van der Waals surface area contributed by atoms with Crippen molar-refractivity contribution in [1.29, 1.82) is 0 Å². The molecule has 0 radical (unpaired) electrons. The van der Waals surface area contributed by atoms with Gasteiger partial charge in [0.1, 0.15) is 6.04 Å². The highest BCUT2D eigenvalue weighted by atomic mass is 35.5. The van der Waals surface area contributed by atoms with Crippen LogP contribution in [0, 0.1) is 5.92 Å². The smallest absolute Gasteiger partial charge is 0.242 e. The van der Waals surface area contributed by atoms with E-state index in [2.05, 4.69) is 15.8 Å². The molecule has 0 bridgehead atoms. The Bertz CT molecular complexity index is 976. The molecule has 1 aromatic rings. The molecule has 164 valence electrons. The zero-order chi connectivity index (χ0) is 21.5. The number of amides is 2. The largest absolute Gasteiger partial charge is 0.387 e. The Morgan fingerprint density at radius 1 is 1.19 bits per heavy atom. The molecular formula is C22H23Cl2N3O3S. The zero-order valence-electron chi connectivity index (χ0n) is 16.8. The van der Waals surface area contributed by atoms with Crippen molar-refractivity contribution < 1.29 is 14.4 Å². The lowest BCUT2D eigenvalue weighted by Gasteiger charge is -2.26. The molecule has 2 amide bonds. The Morgan fingerprint density at radius 2 is 2.00 bits per heavy atom. The molecule has 1 saturated heterocycles. The van der Waals surface area contributed by atoms with E-state index in [0.29, 0.717) is 29.4 Å². The number of hydrogen-bond acceptors (Lipinski definition) is 5. The quantitative estimate of drug-likeness (QED) is 0.671. The van der Waals surface area contributed by atoms with Gasteiger partial charge in [0.15, 0.2) is 6.10 Å². The number of nitrogens with zero attached hydrogens (tertiary/aromatic N) is 1. The van der Waals surface area contributed by atoms with Gasteiger partial charge in [-0.25, -0.2) is 0 Å². The fraction of sp³-hybridized carbons (Fsp3) is 0.500. The SMILES string of the molecule is O=C(N[C@@H]1CCNC1=O)C1SC(C2=NO[C@@H](c3cc(Cl)cc(Cl)c3)C2)=C2CCCCC21. The van der Waals surface area contributed by atoms with Gasteiger partial charge in [-0.05, 0) is 55.0 Å². The molecule has 4 aliphatic rings. The summed E-state index contributed by atoms with van der Waals surface area (Å²) in [6.07, 6.45) is 5.23. The molecule has 1 saturated carbocycles. The first-order chi connectivity index (χ1) is 15.0. The minimum atomic E-state index is -0.423. The van der Waals surface area contributed by atoms with Gasteiger partial charge in [0.25, 0.3) is 0 Å². The van der Waals surface area contributed by atoms with Crippen LogP contribution >= 0.6 is 35.0 Å². The number of rotatable bonds is 4. The lowest BCUT2D eigenvalue weighted by Crippen LogP contribution is -2.45. The van der Waals surface area contributed by atoms with E-state index < -0.39 is 6.04 Å². The van der Waals surface area contributed by atoms with Crippen LogP contribution in [0.5, 0.6) is 0 Å². The Hall–Kier alpha value is -1.70. The molecule has 5 rings (SSSR count). The maximum absolute atomic E-state index is 13.1. The first-order valence-corrected chi connectivity index (χ1v) is 12.3. The van der Waals surface area contributed by atoms with Crippen LogP contribution in [0.3, 0.4) is 0 Å². The first kappa shape index (κ1) is 21.2. The molecule has 6 nitrogen and oxygen atoms in total. The van der Waals surface area contributed by atoms with Crippen molar-refractivity contribution in [2.45, 2.75) is 55.9 Å². The third-order valence-electron chi connectivity index (χ3n) is 6.37. The Balaban J connectivity index is 1.33. The van der Waals surface area contributed by atoms with Gasteiger partial charge in [-0.15, -0.1) is 11.8 Å². The molecule has 31 heavy (non-hydrogen) atoms. The van der Waals surface area contributed by atoms with Gasteiger partial charge in [0.05, 0.1) is 11.0 Å². The van der Waals surface area contributed by atoms with Crippen LogP contribution in [0.4, 0.5) is 0 Å². The summed E-state index contributed by atoms with van der Waals surface area (Å²) in [5.74, 6) is 0.0507. The highest BCUT2D eigenvalue weighted by molar-refractivity contribution is 8.05. The third-order valence-corrected chi connectivity index (χ3v) is 8.34. The molecule has 3 aliphatic heterocycles. The minimum Gasteiger partial charge on any atom is -0.387 e. The number of benzene rings is 1. The Kier molecular flexibility index (Phi) is 5.92. The van der Waals surface area contributed by atoms with Crippen molar-refractivity contribution >= 4 is 52.5 Å². The van der Waals surface area contributed by atoms with E-state index in [1.54, 1.807) is 17.8 Å². The number of allylic oxidation sites excluding steroid dienone is 2. The summed E-state index contributed by atoms with van der Waals surface area (Å²) in [5.41, 5.74) is 3.10. The lowest BCUT2D eigenvalue weighted by atomic mass is 9.81. The van der Waals surface area contributed by atoms with Crippen LogP contribution in [0.15, 0.2) is 33.8 Å². The van der Waals surface area contributed by atoms with Gasteiger partial charge in [0.2, 0.25) is 11.8 Å². The van der Waals surface area contributed by atoms with E-state index in [9.17, 15) is 9.59 Å². The molecule has 2 fully saturated rings. The van der Waals surface area contributed by atoms with Crippen molar-refractivity contribution in [2.24, 2.45) is 11.1 Å². The number of fused-ring (bicyclic) bond motifs is 1. The summed E-state index contributed by atoms with van der Waals surface area (Å²) in [4.78, 5) is 31.8. The molecule has 1 aliphatic carbocycles. The van der Waals surface area contributed by atoms with Gasteiger partial charge in [0, 0.05) is 33.8 Å². The summed E-state index contributed by atoms with van der Waals surface area (Å²) in [6.45, 7) is 0.614. The van der Waals surface area contributed by atoms with Gasteiger partial charge in [-0.1, -0.05) is 34.8 Å². The molecular weight excluding hydrogens is 457 g/mol. The maximum atomic E-state index is 13.1. The topological polar surface area (TPSA) is 79.8 Å². The second kappa shape index (κ2) is 8.68. The van der Waals surface area contributed by atoms with Crippen LogP contribution in [0.2, 0.25) is 10.0 Å². The van der Waals surface area contributed by atoms with Crippen LogP contribution in [0.25, 0.3) is 0 Å². The van der Waals surface area contributed by atoms with Crippen molar-refractivity contribution in [3.8, 4) is 0 Å². The molecule has 2 unspecified atom stereocenters. The zero-order valence-corrected chi connectivity index (χ0v) is 19.2. The second-order valence-electron chi connectivity index (χ2n) is 8.42. The monoisotopic (exact) mass is 479 g/mol. The van der Waals surface area contributed by atoms with E-state index in [4.69, 9.17) is 28.0 Å². The second-order valence-corrected chi connectivity index (χ2v) is 10.4. The first-order valence-electron chi connectivity index (χ1n) is 10.7. The number of oxime groups is 1. The van der Waals surface area contributed by atoms with E-state index in [1.807, 2.05) is 12.1 Å². The number of nitrogens with one attached hydrogen (secondary N) is 2. The average Bonchev–Trinajstić information content (AvgIpc) is 3.46. The summed E-state index contributed by atoms with van der Waals surface area (Å²) < 4.78 is 0. The van der Waals surface area contributed by atoms with E-state index in [-0.39, 0.29) is 29.1 Å². The van der Waals surface area contributed by atoms with Gasteiger partial charge >= 0.3 is 0 Å². The normalized spacial score (nSPS) is 30.0. The summed E-state index contributed by atoms with van der Waals surface area (Å²) in [5, 5.41) is 11.0. The predicted molar refractivity (Wildman–Crippen MR) is 122 cm³/mol. The summed E-state index contributed by atoms with van der Waals surface area (Å²) in [7, 11) is 0. The van der Waals surface area contributed by atoms with Gasteiger partial charge < -0.3 is 15.5 Å². The fourth-order valence-corrected chi connectivity index (χ4v) is 6.96. The van der Waals surface area contributed by atoms with Crippen molar-refractivity contribution in [2.75, 3.05) is 6.54 Å². The van der Waals surface area contributed by atoms with Gasteiger partial charge in [-0.2, -0.15) is 0 Å². The molecule has 0 spiro atoms. The number of carbonyl (C=O) groups is 2. The molecule has 1 aromatic carbocycles. The minimum absolute atomic E-state index is 0.0517. The number of thioether (sulfide) groups is 1. The Morgan fingerprint density at radius 3 is 2.74 bits per heavy atom. The molecule has 9 heteroatoms. The van der Waals surface area contributed by atoms with Crippen LogP contribution < -0.4 is 10.6 Å². The molecule has 3 heterocycles. The molecule has 0 aromatic heterocycles. The van der Waals surface area contributed by atoms with Crippen LogP contribution in [-0.2, 0) is 14.4 Å². The third kappa shape index (κ3) is 4.20. The van der Waals surface area contributed by atoms with Crippen LogP contribution in [-0.4, -0.2) is 35.4 Å². The molecule has 2 N–H and O–H groups in total. The fourth-order valence-electron chi connectivity index (χ4n) is 4.87. The van der Waals surface area contributed by atoms with E-state index in [1.165, 1.54) is 5.57 Å². The Labute approximate surface area is 195 Å². The standard InChI is InChI=1S/C22H23Cl2N3O3S/c23-12-7-11(8-13(24)9-12)18-10-17(27-30-18)19-14-3-1-2-4-15(14)20(31-19)22(29)26-16-5-6-25-21(16)28/h7-9,15-16,18,20H,1-6,10H2,(H,25,28)(H,26,29)/t15?,16-,18-,20?/m1/s1. The van der Waals surface area contributed by atoms with E-state index >= 15 is 0 Å². The summed E-state index contributed by atoms with van der Waals surface area (Å²) in [6, 6.07) is 4.97. The highest BCUT2D eigenvalue weighted by Gasteiger charge is 2.44. The van der Waals surface area contributed by atoms with Crippen molar-refractivity contribution in [3.63, 3.8) is 0 Å². The average molecular weight is 480 g/mol. The highest BCUT2D eigenvalue weighted by Crippen LogP contribution is 2.51. The van der Waals surface area contributed by atoms with E-state index in [0.717, 1.165) is 41.9 Å². The number of hydrogen-bond donors (Lipinski definition) is 2. The molecule has 4 atom stereocenters. The number of carbonyl (C=O) groups excluding carboxylic acids is 2. The van der Waals surface area contributed by atoms with Gasteiger partial charge in [-0.3, -0.25) is 9.59 Å². The van der Waals surface area contributed by atoms with Crippen LogP contribution in [0.1, 0.15) is 50.2 Å². The lowest BCUT2D eigenvalue weighted by molar-refractivity contribution is -0.127. The summed E-state index contributed by atoms with van der Waals surface area (Å²) >= 11 is 13.9. The maximum Gasteiger partial charge on any atom is 0.242 e. The van der Waals surface area contributed by atoms with Crippen molar-refractivity contribution in [1.82, 2.24) is 10.6 Å².